The Kier molecular flexibility index (Phi) is 5.53. The lowest BCUT2D eigenvalue weighted by molar-refractivity contribution is -0.146. The zero-order valence-corrected chi connectivity index (χ0v) is 14.1. The second-order valence-electron chi connectivity index (χ2n) is 6.07. The normalized spacial score (nSPS) is 19.4. The number of rotatable bonds is 5. The maximum absolute atomic E-state index is 12.4. The second kappa shape index (κ2) is 8.20. The highest BCUT2D eigenvalue weighted by Crippen LogP contribution is 2.28. The van der Waals surface area contributed by atoms with E-state index < -0.39 is 17.8 Å². The first-order valence-electron chi connectivity index (χ1n) is 8.39. The first kappa shape index (κ1) is 17.5. The lowest BCUT2D eigenvalue weighted by atomic mass is 9.82. The van der Waals surface area contributed by atoms with Crippen LogP contribution in [0.5, 0.6) is 0 Å². The van der Waals surface area contributed by atoms with Gasteiger partial charge in [-0.1, -0.05) is 30.4 Å². The standard InChI is InChI=1S/C20H19N3O3/c24-19(17-8-4-5-9-18(17)20(25)26)21-14-10-12-16(13-11-14)23-22-15-6-2-1-3-7-15/h1-7,10-13,17-18H,8-9H2,(H,21,24)(H,25,26)/t17-,18+/m1/s1. The number of benzene rings is 2. The van der Waals surface area contributed by atoms with Gasteiger partial charge in [0, 0.05) is 5.69 Å². The fourth-order valence-corrected chi connectivity index (χ4v) is 2.83. The number of carboxylic acid groups (broad SMARTS) is 1. The Morgan fingerprint density at radius 3 is 2.04 bits per heavy atom. The number of carbonyl (C=O) groups is 2. The van der Waals surface area contributed by atoms with Crippen molar-refractivity contribution in [2.24, 2.45) is 22.1 Å². The molecule has 2 atom stereocenters. The highest BCUT2D eigenvalue weighted by atomic mass is 16.4. The minimum atomic E-state index is -0.939. The average molecular weight is 349 g/mol. The van der Waals surface area contributed by atoms with Crippen LogP contribution in [0.3, 0.4) is 0 Å². The molecule has 0 aliphatic heterocycles. The van der Waals surface area contributed by atoms with E-state index in [9.17, 15) is 14.7 Å². The van der Waals surface area contributed by atoms with E-state index in [1.807, 2.05) is 42.5 Å². The van der Waals surface area contributed by atoms with E-state index in [1.54, 1.807) is 24.3 Å². The van der Waals surface area contributed by atoms with Gasteiger partial charge in [-0.05, 0) is 49.2 Å². The maximum Gasteiger partial charge on any atom is 0.307 e. The largest absolute Gasteiger partial charge is 0.481 e. The van der Waals surface area contributed by atoms with Crippen molar-refractivity contribution in [3.05, 3.63) is 66.7 Å². The van der Waals surface area contributed by atoms with Gasteiger partial charge in [0.1, 0.15) is 0 Å². The third-order valence-electron chi connectivity index (χ3n) is 4.26. The van der Waals surface area contributed by atoms with Gasteiger partial charge in [-0.15, -0.1) is 0 Å². The summed E-state index contributed by atoms with van der Waals surface area (Å²) in [6.07, 6.45) is 4.49. The molecule has 1 aliphatic rings. The first-order chi connectivity index (χ1) is 12.6. The zero-order valence-electron chi connectivity index (χ0n) is 14.1. The lowest BCUT2D eigenvalue weighted by Crippen LogP contribution is -2.34. The molecule has 0 heterocycles. The molecule has 1 amide bonds. The molecule has 2 aromatic rings. The molecule has 0 fully saturated rings. The number of anilines is 1. The minimum Gasteiger partial charge on any atom is -0.481 e. The van der Waals surface area contributed by atoms with Gasteiger partial charge in [-0.2, -0.15) is 10.2 Å². The predicted molar refractivity (Wildman–Crippen MR) is 98.7 cm³/mol. The summed E-state index contributed by atoms with van der Waals surface area (Å²) >= 11 is 0. The molecule has 2 N–H and O–H groups in total. The molecule has 132 valence electrons. The summed E-state index contributed by atoms with van der Waals surface area (Å²) in [6, 6.07) is 16.3. The predicted octanol–water partition coefficient (Wildman–Crippen LogP) is 4.71. The average Bonchev–Trinajstić information content (AvgIpc) is 2.68. The summed E-state index contributed by atoms with van der Waals surface area (Å²) in [6.45, 7) is 0. The van der Waals surface area contributed by atoms with Crippen molar-refractivity contribution in [3.8, 4) is 0 Å². The molecular formula is C20H19N3O3. The minimum absolute atomic E-state index is 0.277. The van der Waals surface area contributed by atoms with E-state index in [2.05, 4.69) is 15.5 Å². The molecule has 6 heteroatoms. The fourth-order valence-electron chi connectivity index (χ4n) is 2.83. The van der Waals surface area contributed by atoms with Crippen LogP contribution in [0.2, 0.25) is 0 Å². The van der Waals surface area contributed by atoms with Crippen LogP contribution in [-0.2, 0) is 9.59 Å². The highest BCUT2D eigenvalue weighted by molar-refractivity contribution is 5.95. The molecule has 0 spiro atoms. The summed E-state index contributed by atoms with van der Waals surface area (Å²) in [4.78, 5) is 23.7. The van der Waals surface area contributed by atoms with Crippen molar-refractivity contribution in [1.82, 2.24) is 0 Å². The highest BCUT2D eigenvalue weighted by Gasteiger charge is 2.33. The Morgan fingerprint density at radius 2 is 1.42 bits per heavy atom. The molecule has 0 saturated heterocycles. The quantitative estimate of drug-likeness (QED) is 0.605. The topological polar surface area (TPSA) is 91.1 Å². The number of hydrogen-bond donors (Lipinski definition) is 2. The SMILES string of the molecule is O=C(O)[C@H]1CC=CC[C@H]1C(=O)Nc1ccc(N=Nc2ccccc2)cc1. The monoisotopic (exact) mass is 349 g/mol. The van der Waals surface area contributed by atoms with E-state index in [0.29, 0.717) is 24.2 Å². The van der Waals surface area contributed by atoms with Crippen LogP contribution in [0.15, 0.2) is 77.0 Å². The molecular weight excluding hydrogens is 330 g/mol. The third kappa shape index (κ3) is 4.42. The van der Waals surface area contributed by atoms with Crippen LogP contribution in [0.4, 0.5) is 17.1 Å². The van der Waals surface area contributed by atoms with Gasteiger partial charge in [-0.3, -0.25) is 9.59 Å². The van der Waals surface area contributed by atoms with Gasteiger partial charge in [0.25, 0.3) is 0 Å². The van der Waals surface area contributed by atoms with Crippen LogP contribution in [-0.4, -0.2) is 17.0 Å². The van der Waals surface area contributed by atoms with Crippen LogP contribution in [0.1, 0.15) is 12.8 Å². The number of carboxylic acids is 1. The van der Waals surface area contributed by atoms with Crippen molar-refractivity contribution in [3.63, 3.8) is 0 Å². The zero-order chi connectivity index (χ0) is 18.4. The molecule has 0 bridgehead atoms. The Hall–Kier alpha value is -3.28. The smallest absolute Gasteiger partial charge is 0.307 e. The Bertz CT molecular complexity index is 829. The van der Waals surface area contributed by atoms with Gasteiger partial charge in [0.2, 0.25) is 5.91 Å². The van der Waals surface area contributed by atoms with Gasteiger partial charge in [0.05, 0.1) is 23.2 Å². The number of carbonyl (C=O) groups excluding carboxylic acids is 1. The van der Waals surface area contributed by atoms with Crippen molar-refractivity contribution >= 4 is 28.9 Å². The Morgan fingerprint density at radius 1 is 0.846 bits per heavy atom. The van der Waals surface area contributed by atoms with Crippen molar-refractivity contribution < 1.29 is 14.7 Å². The number of nitrogens with one attached hydrogen (secondary N) is 1. The van der Waals surface area contributed by atoms with E-state index in [4.69, 9.17) is 0 Å². The molecule has 3 rings (SSSR count). The molecule has 1 aliphatic carbocycles. The fraction of sp³-hybridized carbons (Fsp3) is 0.200. The first-order valence-corrected chi connectivity index (χ1v) is 8.39. The number of nitrogens with zero attached hydrogens (tertiary/aromatic N) is 2. The van der Waals surface area contributed by atoms with Crippen molar-refractivity contribution in [2.45, 2.75) is 12.8 Å². The summed E-state index contributed by atoms with van der Waals surface area (Å²) in [5, 5.41) is 20.3. The van der Waals surface area contributed by atoms with Gasteiger partial charge in [-0.25, -0.2) is 0 Å². The molecule has 0 aromatic heterocycles. The van der Waals surface area contributed by atoms with Crippen LogP contribution >= 0.6 is 0 Å². The molecule has 0 radical (unpaired) electrons. The van der Waals surface area contributed by atoms with Crippen LogP contribution in [0.25, 0.3) is 0 Å². The number of hydrogen-bond acceptors (Lipinski definition) is 4. The molecule has 2 aromatic carbocycles. The third-order valence-corrected chi connectivity index (χ3v) is 4.26. The number of azo groups is 1. The molecule has 6 nitrogen and oxygen atoms in total. The number of aliphatic carboxylic acids is 1. The summed E-state index contributed by atoms with van der Waals surface area (Å²) in [5.41, 5.74) is 2.03. The maximum atomic E-state index is 12.4. The molecule has 26 heavy (non-hydrogen) atoms. The van der Waals surface area contributed by atoms with Crippen molar-refractivity contribution in [1.29, 1.82) is 0 Å². The number of amides is 1. The van der Waals surface area contributed by atoms with Crippen LogP contribution < -0.4 is 5.32 Å². The van der Waals surface area contributed by atoms with Gasteiger partial charge in [0.15, 0.2) is 0 Å². The van der Waals surface area contributed by atoms with Crippen LogP contribution in [0, 0.1) is 11.8 Å². The van der Waals surface area contributed by atoms with E-state index in [1.165, 1.54) is 0 Å². The summed E-state index contributed by atoms with van der Waals surface area (Å²) in [7, 11) is 0. The number of allylic oxidation sites excluding steroid dienone is 2. The van der Waals surface area contributed by atoms with Gasteiger partial charge < -0.3 is 10.4 Å². The van der Waals surface area contributed by atoms with Gasteiger partial charge >= 0.3 is 5.97 Å². The molecule has 0 saturated carbocycles. The Balaban J connectivity index is 1.63. The van der Waals surface area contributed by atoms with Crippen molar-refractivity contribution in [2.75, 3.05) is 5.32 Å². The van der Waals surface area contributed by atoms with E-state index in [0.717, 1.165) is 5.69 Å². The summed E-state index contributed by atoms with van der Waals surface area (Å²) < 4.78 is 0. The summed E-state index contributed by atoms with van der Waals surface area (Å²) in [5.74, 6) is -2.46. The molecule has 0 unspecified atom stereocenters. The lowest BCUT2D eigenvalue weighted by Gasteiger charge is -2.24. The Labute approximate surface area is 151 Å². The van der Waals surface area contributed by atoms with E-state index >= 15 is 0 Å². The second-order valence-corrected chi connectivity index (χ2v) is 6.07. The van der Waals surface area contributed by atoms with E-state index in [-0.39, 0.29) is 5.91 Å².